The van der Waals surface area contributed by atoms with Crippen LogP contribution in [0.15, 0.2) is 42.6 Å². The van der Waals surface area contributed by atoms with Gasteiger partial charge in [0, 0.05) is 12.6 Å². The number of fused-ring (bicyclic) bond motifs is 2. The van der Waals surface area contributed by atoms with Gasteiger partial charge in [-0.1, -0.05) is 24.5 Å². The van der Waals surface area contributed by atoms with Crippen molar-refractivity contribution in [2.24, 2.45) is 0 Å². The molecule has 3 heterocycles. The third-order valence-corrected chi connectivity index (χ3v) is 5.81. The number of likely N-dealkylation sites (tertiary alicyclic amines) is 1. The van der Waals surface area contributed by atoms with E-state index in [0.29, 0.717) is 11.3 Å². The molecule has 2 aromatic rings. The van der Waals surface area contributed by atoms with Crippen LogP contribution in [-0.4, -0.2) is 41.0 Å². The van der Waals surface area contributed by atoms with Gasteiger partial charge in [-0.3, -0.25) is 4.79 Å². The lowest BCUT2D eigenvalue weighted by atomic mass is 10.00. The van der Waals surface area contributed by atoms with Crippen molar-refractivity contribution in [2.45, 2.75) is 51.5 Å². The summed E-state index contributed by atoms with van der Waals surface area (Å²) in [5.41, 5.74) is 1.66. The van der Waals surface area contributed by atoms with Crippen LogP contribution >= 0.6 is 0 Å². The van der Waals surface area contributed by atoms with Gasteiger partial charge in [0.1, 0.15) is 5.54 Å². The highest BCUT2D eigenvalue weighted by atomic mass is 16.1. The van der Waals surface area contributed by atoms with Crippen molar-refractivity contribution in [2.75, 3.05) is 29.9 Å². The smallest absolute Gasteiger partial charge is 0.257 e. The second-order valence-corrected chi connectivity index (χ2v) is 8.55. The quantitative estimate of drug-likeness (QED) is 0.588. The van der Waals surface area contributed by atoms with E-state index in [2.05, 4.69) is 45.8 Å². The van der Waals surface area contributed by atoms with E-state index in [-0.39, 0.29) is 5.91 Å². The third kappa shape index (κ3) is 4.34. The van der Waals surface area contributed by atoms with Crippen LogP contribution in [0.1, 0.15) is 56.3 Å². The molecular weight excluding hydrogens is 372 g/mol. The number of carbonyl (C=O) groups is 1. The van der Waals surface area contributed by atoms with E-state index in [1.807, 2.05) is 36.4 Å². The molecule has 5 heteroatoms. The number of rotatable bonds is 4. The van der Waals surface area contributed by atoms with Gasteiger partial charge in [0.15, 0.2) is 5.82 Å². The Balaban J connectivity index is 1.57. The molecule has 0 radical (unpaired) electrons. The molecule has 1 saturated heterocycles. The van der Waals surface area contributed by atoms with Gasteiger partial charge in [0.05, 0.1) is 16.9 Å². The third-order valence-electron chi connectivity index (χ3n) is 5.81. The van der Waals surface area contributed by atoms with Crippen LogP contribution in [0.5, 0.6) is 0 Å². The van der Waals surface area contributed by atoms with Crippen molar-refractivity contribution in [1.29, 1.82) is 0 Å². The minimum absolute atomic E-state index is 0.118. The Labute approximate surface area is 179 Å². The summed E-state index contributed by atoms with van der Waals surface area (Å²) in [6, 6.07) is 11.4. The number of nitrogens with zero attached hydrogens (tertiary/aromatic N) is 3. The number of amides is 1. The summed E-state index contributed by atoms with van der Waals surface area (Å²) in [5.74, 6) is 7.48. The molecule has 0 unspecified atom stereocenters. The zero-order chi connectivity index (χ0) is 21.0. The Morgan fingerprint density at radius 3 is 2.73 bits per heavy atom. The summed E-state index contributed by atoms with van der Waals surface area (Å²) in [6.07, 6.45) is 7.75. The minimum atomic E-state index is -0.517. The average Bonchev–Trinajstić information content (AvgIpc) is 2.88. The summed E-state index contributed by atoms with van der Waals surface area (Å²) >= 11 is 0. The molecule has 30 heavy (non-hydrogen) atoms. The van der Waals surface area contributed by atoms with Gasteiger partial charge in [-0.15, -0.1) is 5.92 Å². The molecule has 1 aromatic heterocycles. The minimum Gasteiger partial charge on any atom is -0.319 e. The Bertz CT molecular complexity index is 966. The zero-order valence-electron chi connectivity index (χ0n) is 17.9. The van der Waals surface area contributed by atoms with Crippen molar-refractivity contribution >= 4 is 23.1 Å². The fourth-order valence-electron chi connectivity index (χ4n) is 4.31. The number of aromatic nitrogens is 1. The molecule has 0 bridgehead atoms. The Morgan fingerprint density at radius 1 is 1.10 bits per heavy atom. The normalized spacial score (nSPS) is 16.6. The van der Waals surface area contributed by atoms with Gasteiger partial charge in [0.25, 0.3) is 5.91 Å². The van der Waals surface area contributed by atoms with Gasteiger partial charge >= 0.3 is 0 Å². The first-order valence-electron chi connectivity index (χ1n) is 10.9. The number of unbranched alkanes of at least 4 members (excludes halogenated alkanes) is 1. The van der Waals surface area contributed by atoms with Gasteiger partial charge < -0.3 is 15.1 Å². The molecule has 0 aliphatic carbocycles. The first kappa shape index (κ1) is 20.4. The highest BCUT2D eigenvalue weighted by molar-refractivity contribution is 6.12. The predicted molar refractivity (Wildman–Crippen MR) is 122 cm³/mol. The first-order chi connectivity index (χ1) is 14.6. The number of piperidine rings is 1. The maximum absolute atomic E-state index is 12.8. The van der Waals surface area contributed by atoms with Crippen molar-refractivity contribution < 1.29 is 4.79 Å². The maximum atomic E-state index is 12.8. The van der Waals surface area contributed by atoms with E-state index in [1.54, 1.807) is 6.20 Å². The lowest BCUT2D eigenvalue weighted by Crippen LogP contribution is -2.40. The summed E-state index contributed by atoms with van der Waals surface area (Å²) in [5, 5.41) is 3.00. The van der Waals surface area contributed by atoms with Crippen LogP contribution in [0, 0.1) is 11.8 Å². The SMILES string of the molecule is CC(C)(C#CCCCN1CCCCC1)N1c2ccccc2C(=O)Nc2cccnc21. The van der Waals surface area contributed by atoms with Crippen LogP contribution < -0.4 is 10.2 Å². The largest absolute Gasteiger partial charge is 0.319 e. The van der Waals surface area contributed by atoms with Crippen LogP contribution in [0.2, 0.25) is 0 Å². The summed E-state index contributed by atoms with van der Waals surface area (Å²) < 4.78 is 0. The number of carbonyl (C=O) groups excluding carboxylic acids is 1. The molecule has 4 rings (SSSR count). The molecule has 2 aliphatic rings. The van der Waals surface area contributed by atoms with Crippen molar-refractivity contribution in [3.63, 3.8) is 0 Å². The molecule has 5 nitrogen and oxygen atoms in total. The summed E-state index contributed by atoms with van der Waals surface area (Å²) in [7, 11) is 0. The molecule has 1 aromatic carbocycles. The van der Waals surface area contributed by atoms with Gasteiger partial charge in [-0.2, -0.15) is 0 Å². The molecule has 2 aliphatic heterocycles. The summed E-state index contributed by atoms with van der Waals surface area (Å²) in [4.78, 5) is 22.0. The van der Waals surface area contributed by atoms with Crippen LogP contribution in [-0.2, 0) is 0 Å². The fraction of sp³-hybridized carbons (Fsp3) is 0.440. The molecule has 0 saturated carbocycles. The lowest BCUT2D eigenvalue weighted by Gasteiger charge is -2.36. The highest BCUT2D eigenvalue weighted by Crippen LogP contribution is 2.40. The van der Waals surface area contributed by atoms with E-state index in [4.69, 9.17) is 0 Å². The Morgan fingerprint density at radius 2 is 1.90 bits per heavy atom. The predicted octanol–water partition coefficient (Wildman–Crippen LogP) is 4.83. The number of benzene rings is 1. The van der Waals surface area contributed by atoms with Crippen LogP contribution in [0.3, 0.4) is 0 Å². The van der Waals surface area contributed by atoms with E-state index in [9.17, 15) is 4.79 Å². The van der Waals surface area contributed by atoms with E-state index >= 15 is 0 Å². The first-order valence-corrected chi connectivity index (χ1v) is 10.9. The number of anilines is 3. The second-order valence-electron chi connectivity index (χ2n) is 8.55. The molecule has 0 atom stereocenters. The topological polar surface area (TPSA) is 48.5 Å². The standard InChI is InChI=1S/C25H30N4O/c1-25(2,15-7-3-8-17-28-18-9-4-10-19-28)29-22-14-6-5-12-20(22)24(30)27-21-13-11-16-26-23(21)29/h5-6,11-14,16H,3-4,8-10,17-19H2,1-2H3,(H,27,30). The zero-order valence-corrected chi connectivity index (χ0v) is 17.9. The number of para-hydroxylation sites is 1. The van der Waals surface area contributed by atoms with Crippen molar-refractivity contribution in [3.05, 3.63) is 48.2 Å². The number of hydrogen-bond donors (Lipinski definition) is 1. The molecule has 1 fully saturated rings. The number of hydrogen-bond acceptors (Lipinski definition) is 4. The Kier molecular flexibility index (Phi) is 6.06. The number of nitrogens with one attached hydrogen (secondary N) is 1. The summed E-state index contributed by atoms with van der Waals surface area (Å²) in [6.45, 7) is 7.77. The molecule has 0 spiro atoms. The fourth-order valence-corrected chi connectivity index (χ4v) is 4.31. The van der Waals surface area contributed by atoms with Gasteiger partial charge in [0.2, 0.25) is 0 Å². The van der Waals surface area contributed by atoms with Gasteiger partial charge in [-0.05, 0) is 77.0 Å². The van der Waals surface area contributed by atoms with Crippen LogP contribution in [0.4, 0.5) is 17.2 Å². The molecule has 1 N–H and O–H groups in total. The monoisotopic (exact) mass is 402 g/mol. The van der Waals surface area contributed by atoms with E-state index < -0.39 is 5.54 Å². The van der Waals surface area contributed by atoms with E-state index in [1.165, 1.54) is 32.4 Å². The molecule has 156 valence electrons. The lowest BCUT2D eigenvalue weighted by molar-refractivity contribution is 0.102. The second kappa shape index (κ2) is 8.89. The van der Waals surface area contributed by atoms with Crippen molar-refractivity contribution in [3.8, 4) is 11.8 Å². The van der Waals surface area contributed by atoms with E-state index in [0.717, 1.165) is 30.9 Å². The van der Waals surface area contributed by atoms with Gasteiger partial charge in [-0.25, -0.2) is 4.98 Å². The molecular formula is C25H30N4O. The average molecular weight is 403 g/mol. The Hall–Kier alpha value is -2.84. The molecule has 1 amide bonds. The number of pyridine rings is 1. The van der Waals surface area contributed by atoms with Crippen molar-refractivity contribution in [1.82, 2.24) is 9.88 Å². The van der Waals surface area contributed by atoms with Crippen LogP contribution in [0.25, 0.3) is 0 Å². The highest BCUT2D eigenvalue weighted by Gasteiger charge is 2.34. The maximum Gasteiger partial charge on any atom is 0.257 e.